The van der Waals surface area contributed by atoms with Gasteiger partial charge in [-0.3, -0.25) is 0 Å². The van der Waals surface area contributed by atoms with E-state index >= 15 is 0 Å². The fourth-order valence-corrected chi connectivity index (χ4v) is 0.662. The van der Waals surface area contributed by atoms with Gasteiger partial charge in [-0.25, -0.2) is 8.78 Å². The van der Waals surface area contributed by atoms with Gasteiger partial charge in [-0.05, 0) is 0 Å². The summed E-state index contributed by atoms with van der Waals surface area (Å²) in [6.45, 7) is -0.102. The number of hydrogen-bond acceptors (Lipinski definition) is 3. The molecule has 0 aromatic heterocycles. The third kappa shape index (κ3) is 6.11. The first-order chi connectivity index (χ1) is 6.50. The van der Waals surface area contributed by atoms with E-state index in [-0.39, 0.29) is 13.2 Å². The van der Waals surface area contributed by atoms with Crippen LogP contribution in [0.4, 0.5) is 17.6 Å². The number of hydrogen-bond donors (Lipinski definition) is 2. The quantitative estimate of drug-likeness (QED) is 0.459. The molecule has 0 unspecified atom stereocenters. The Hall–Kier alpha value is -0.400. The summed E-state index contributed by atoms with van der Waals surface area (Å²) in [5, 5.41) is 2.17. The predicted molar refractivity (Wildman–Crippen MR) is 43.7 cm³/mol. The van der Waals surface area contributed by atoms with E-state index in [9.17, 15) is 17.6 Å². The number of nitrogens with two attached hydrogens (primary N) is 1. The van der Waals surface area contributed by atoms with Crippen molar-refractivity contribution in [1.29, 1.82) is 0 Å². The summed E-state index contributed by atoms with van der Waals surface area (Å²) in [5.74, 6) is -3.98. The van der Waals surface area contributed by atoms with Gasteiger partial charge in [0.1, 0.15) is 0 Å². The molecule has 0 radical (unpaired) electrons. The molecule has 0 saturated carbocycles. The lowest BCUT2D eigenvalue weighted by Crippen LogP contribution is -2.40. The number of nitrogens with one attached hydrogen (secondary N) is 1. The molecule has 14 heavy (non-hydrogen) atoms. The Balaban J connectivity index is 3.35. The second-order valence-electron chi connectivity index (χ2n) is 2.64. The minimum Gasteiger partial charge on any atom is -0.379 e. The number of alkyl halides is 4. The number of ether oxygens (including phenoxy) is 1. The van der Waals surface area contributed by atoms with E-state index in [0.29, 0.717) is 13.2 Å². The highest BCUT2D eigenvalue weighted by molar-refractivity contribution is 4.71. The maximum Gasteiger partial charge on any atom is 0.319 e. The van der Waals surface area contributed by atoms with Crippen LogP contribution in [0.25, 0.3) is 0 Å². The summed E-state index contributed by atoms with van der Waals surface area (Å²) >= 11 is 0. The third-order valence-corrected chi connectivity index (χ3v) is 1.37. The molecule has 0 aromatic rings. The van der Waals surface area contributed by atoms with Crippen molar-refractivity contribution in [3.8, 4) is 0 Å². The molecule has 0 saturated heterocycles. The standard InChI is InChI=1S/C7H14F4N2O/c8-6(9)7(10,11)5-13-2-4-14-3-1-12/h6,13H,1-5,12H2. The fraction of sp³-hybridized carbons (Fsp3) is 1.00. The first-order valence-corrected chi connectivity index (χ1v) is 4.15. The fourth-order valence-electron chi connectivity index (χ4n) is 0.662. The van der Waals surface area contributed by atoms with Crippen molar-refractivity contribution in [2.24, 2.45) is 5.73 Å². The van der Waals surface area contributed by atoms with Crippen LogP contribution in [0.15, 0.2) is 0 Å². The number of halogens is 4. The molecule has 0 fully saturated rings. The molecule has 0 heterocycles. The molecular weight excluding hydrogens is 204 g/mol. The molecule has 0 aromatic carbocycles. The van der Waals surface area contributed by atoms with Crippen LogP contribution in [0.5, 0.6) is 0 Å². The summed E-state index contributed by atoms with van der Waals surface area (Å²) in [6, 6.07) is 0. The maximum atomic E-state index is 12.2. The largest absolute Gasteiger partial charge is 0.379 e. The van der Waals surface area contributed by atoms with E-state index in [1.165, 1.54) is 0 Å². The van der Waals surface area contributed by atoms with Crippen LogP contribution in [-0.4, -0.2) is 45.2 Å². The van der Waals surface area contributed by atoms with Gasteiger partial charge in [0.05, 0.1) is 19.8 Å². The summed E-state index contributed by atoms with van der Waals surface area (Å²) in [5.41, 5.74) is 5.09. The van der Waals surface area contributed by atoms with Crippen molar-refractivity contribution in [3.05, 3.63) is 0 Å². The summed E-state index contributed by atoms with van der Waals surface area (Å²) in [7, 11) is 0. The lowest BCUT2D eigenvalue weighted by atomic mass is 10.3. The average molecular weight is 218 g/mol. The van der Waals surface area contributed by atoms with Gasteiger partial charge in [0, 0.05) is 13.1 Å². The molecule has 0 aliphatic carbocycles. The Bertz CT molecular complexity index is 146. The molecule has 86 valence electrons. The van der Waals surface area contributed by atoms with Crippen molar-refractivity contribution < 1.29 is 22.3 Å². The summed E-state index contributed by atoms with van der Waals surface area (Å²) in [4.78, 5) is 0. The van der Waals surface area contributed by atoms with Gasteiger partial charge in [-0.1, -0.05) is 0 Å². The highest BCUT2D eigenvalue weighted by atomic mass is 19.3. The molecule has 0 aliphatic rings. The van der Waals surface area contributed by atoms with Crippen LogP contribution in [0.1, 0.15) is 0 Å². The molecular formula is C7H14F4N2O. The van der Waals surface area contributed by atoms with E-state index in [4.69, 9.17) is 10.5 Å². The maximum absolute atomic E-state index is 12.2. The molecule has 0 spiro atoms. The minimum atomic E-state index is -3.98. The zero-order valence-electron chi connectivity index (χ0n) is 7.61. The Kier molecular flexibility index (Phi) is 6.77. The van der Waals surface area contributed by atoms with E-state index in [2.05, 4.69) is 5.32 Å². The normalized spacial score (nSPS) is 12.4. The lowest BCUT2D eigenvalue weighted by molar-refractivity contribution is -0.125. The smallest absolute Gasteiger partial charge is 0.319 e. The zero-order valence-corrected chi connectivity index (χ0v) is 7.61. The van der Waals surface area contributed by atoms with Gasteiger partial charge in [0.25, 0.3) is 0 Å². The molecule has 0 rings (SSSR count). The third-order valence-electron chi connectivity index (χ3n) is 1.37. The van der Waals surface area contributed by atoms with Crippen LogP contribution in [0.2, 0.25) is 0 Å². The van der Waals surface area contributed by atoms with Gasteiger partial charge in [0.15, 0.2) is 0 Å². The van der Waals surface area contributed by atoms with E-state index in [1.807, 2.05) is 0 Å². The van der Waals surface area contributed by atoms with E-state index < -0.39 is 18.9 Å². The van der Waals surface area contributed by atoms with E-state index in [1.54, 1.807) is 0 Å². The summed E-state index contributed by atoms with van der Waals surface area (Å²) < 4.78 is 52.5. The van der Waals surface area contributed by atoms with Crippen molar-refractivity contribution in [3.63, 3.8) is 0 Å². The predicted octanol–water partition coefficient (Wildman–Crippen LogP) is 0.452. The van der Waals surface area contributed by atoms with Gasteiger partial charge >= 0.3 is 12.3 Å². The minimum absolute atomic E-state index is 0.0995. The van der Waals surface area contributed by atoms with Crippen molar-refractivity contribution in [2.45, 2.75) is 12.3 Å². The Labute approximate surface area is 79.6 Å². The van der Waals surface area contributed by atoms with Gasteiger partial charge < -0.3 is 15.8 Å². The monoisotopic (exact) mass is 218 g/mol. The molecule has 0 atom stereocenters. The SMILES string of the molecule is NCCOCCNCC(F)(F)C(F)F. The topological polar surface area (TPSA) is 47.3 Å². The zero-order chi connectivity index (χ0) is 11.0. The Morgan fingerprint density at radius 3 is 2.43 bits per heavy atom. The second kappa shape index (κ2) is 6.97. The number of rotatable bonds is 8. The molecule has 3 nitrogen and oxygen atoms in total. The highest BCUT2D eigenvalue weighted by Gasteiger charge is 2.39. The highest BCUT2D eigenvalue weighted by Crippen LogP contribution is 2.21. The molecule has 7 heteroatoms. The summed E-state index contributed by atoms with van der Waals surface area (Å²) in [6.07, 6.45) is -3.64. The van der Waals surface area contributed by atoms with Crippen molar-refractivity contribution >= 4 is 0 Å². The van der Waals surface area contributed by atoms with Crippen LogP contribution < -0.4 is 11.1 Å². The van der Waals surface area contributed by atoms with Gasteiger partial charge in [0.2, 0.25) is 0 Å². The van der Waals surface area contributed by atoms with Crippen molar-refractivity contribution in [2.75, 3.05) is 32.8 Å². The van der Waals surface area contributed by atoms with E-state index in [0.717, 1.165) is 0 Å². The second-order valence-corrected chi connectivity index (χ2v) is 2.64. The molecule has 0 bridgehead atoms. The first kappa shape index (κ1) is 13.6. The lowest BCUT2D eigenvalue weighted by Gasteiger charge is -2.15. The van der Waals surface area contributed by atoms with Crippen LogP contribution in [0.3, 0.4) is 0 Å². The van der Waals surface area contributed by atoms with Crippen LogP contribution in [-0.2, 0) is 4.74 Å². The van der Waals surface area contributed by atoms with Crippen LogP contribution in [0, 0.1) is 0 Å². The van der Waals surface area contributed by atoms with Gasteiger partial charge in [-0.2, -0.15) is 8.78 Å². The Morgan fingerprint density at radius 1 is 1.29 bits per heavy atom. The molecule has 0 aliphatic heterocycles. The molecule has 0 amide bonds. The van der Waals surface area contributed by atoms with Gasteiger partial charge in [-0.15, -0.1) is 0 Å². The Morgan fingerprint density at radius 2 is 1.93 bits per heavy atom. The van der Waals surface area contributed by atoms with Crippen LogP contribution >= 0.6 is 0 Å². The van der Waals surface area contributed by atoms with Crippen molar-refractivity contribution in [1.82, 2.24) is 5.32 Å². The first-order valence-electron chi connectivity index (χ1n) is 4.15. The average Bonchev–Trinajstić information content (AvgIpc) is 2.10. The molecule has 3 N–H and O–H groups in total.